The van der Waals surface area contributed by atoms with Crippen molar-refractivity contribution < 1.29 is 14.3 Å². The van der Waals surface area contributed by atoms with E-state index in [9.17, 15) is 14.3 Å². The van der Waals surface area contributed by atoms with E-state index in [1.807, 2.05) is 0 Å². The van der Waals surface area contributed by atoms with E-state index in [4.69, 9.17) is 11.6 Å². The molecule has 7 heteroatoms. The van der Waals surface area contributed by atoms with Gasteiger partial charge in [-0.15, -0.1) is 0 Å². The SMILES string of the molecule is O=C(O)C(=NNc1ccc(Br)cc1)c1ccc(F)c(Cl)c1. The monoisotopic (exact) mass is 370 g/mol. The highest BCUT2D eigenvalue weighted by Gasteiger charge is 2.14. The zero-order valence-corrected chi connectivity index (χ0v) is 12.8. The lowest BCUT2D eigenvalue weighted by atomic mass is 10.1. The van der Waals surface area contributed by atoms with Crippen LogP contribution in [-0.4, -0.2) is 16.8 Å². The molecule has 2 rings (SSSR count). The molecule has 4 nitrogen and oxygen atoms in total. The molecule has 0 saturated carbocycles. The predicted molar refractivity (Wildman–Crippen MR) is 83.3 cm³/mol. The number of hydrogen-bond donors (Lipinski definition) is 2. The van der Waals surface area contributed by atoms with Gasteiger partial charge >= 0.3 is 5.97 Å². The van der Waals surface area contributed by atoms with Crippen LogP contribution in [0.1, 0.15) is 5.56 Å². The molecule has 0 spiro atoms. The molecule has 0 aliphatic carbocycles. The van der Waals surface area contributed by atoms with Gasteiger partial charge < -0.3 is 5.11 Å². The van der Waals surface area contributed by atoms with Crippen molar-refractivity contribution >= 4 is 44.9 Å². The first-order chi connectivity index (χ1) is 9.97. The van der Waals surface area contributed by atoms with Crippen molar-refractivity contribution in [3.05, 3.63) is 63.3 Å². The van der Waals surface area contributed by atoms with Gasteiger partial charge in [-0.3, -0.25) is 5.43 Å². The molecule has 21 heavy (non-hydrogen) atoms. The fraction of sp³-hybridized carbons (Fsp3) is 0. The van der Waals surface area contributed by atoms with E-state index >= 15 is 0 Å². The smallest absolute Gasteiger partial charge is 0.356 e. The predicted octanol–water partition coefficient (Wildman–Crippen LogP) is 4.14. The lowest BCUT2D eigenvalue weighted by Gasteiger charge is -2.05. The quantitative estimate of drug-likeness (QED) is 0.627. The summed E-state index contributed by atoms with van der Waals surface area (Å²) in [6.45, 7) is 0. The topological polar surface area (TPSA) is 61.7 Å². The Bertz CT molecular complexity index is 705. The van der Waals surface area contributed by atoms with Gasteiger partial charge in [-0.2, -0.15) is 5.10 Å². The summed E-state index contributed by atoms with van der Waals surface area (Å²) in [5.74, 6) is -1.87. The van der Waals surface area contributed by atoms with Gasteiger partial charge in [0.15, 0.2) is 5.71 Å². The Kier molecular flexibility index (Phi) is 4.93. The number of rotatable bonds is 4. The van der Waals surface area contributed by atoms with Crippen molar-refractivity contribution in [1.82, 2.24) is 0 Å². The summed E-state index contributed by atoms with van der Waals surface area (Å²) in [4.78, 5) is 11.3. The minimum atomic E-state index is -1.25. The molecule has 0 amide bonds. The van der Waals surface area contributed by atoms with Crippen LogP contribution in [0.2, 0.25) is 5.02 Å². The Balaban J connectivity index is 2.29. The highest BCUT2D eigenvalue weighted by atomic mass is 79.9. The molecule has 2 N–H and O–H groups in total. The standard InChI is InChI=1S/C14H9BrClFN2O2/c15-9-2-4-10(5-3-9)18-19-13(14(20)21)8-1-6-12(17)11(16)7-8/h1-7,18H,(H,20,21). The molecule has 0 atom stereocenters. The van der Waals surface area contributed by atoms with E-state index in [1.165, 1.54) is 12.1 Å². The molecule has 108 valence electrons. The van der Waals surface area contributed by atoms with E-state index in [0.717, 1.165) is 10.5 Å². The number of hydrogen-bond acceptors (Lipinski definition) is 3. The number of benzene rings is 2. The highest BCUT2D eigenvalue weighted by molar-refractivity contribution is 9.10. The second-order valence-corrected chi connectivity index (χ2v) is 5.34. The maximum Gasteiger partial charge on any atom is 0.356 e. The molecule has 2 aromatic rings. The van der Waals surface area contributed by atoms with Crippen molar-refractivity contribution in [2.24, 2.45) is 5.10 Å². The average Bonchev–Trinajstić information content (AvgIpc) is 2.44. The maximum absolute atomic E-state index is 13.1. The molecular formula is C14H9BrClFN2O2. The Hall–Kier alpha value is -1.92. The minimum Gasteiger partial charge on any atom is -0.476 e. The first-order valence-corrected chi connectivity index (χ1v) is 6.92. The number of carbonyl (C=O) groups is 1. The Morgan fingerprint density at radius 2 is 1.90 bits per heavy atom. The van der Waals surface area contributed by atoms with Crippen LogP contribution in [0.15, 0.2) is 52.0 Å². The number of hydrazone groups is 1. The highest BCUT2D eigenvalue weighted by Crippen LogP contribution is 2.18. The summed E-state index contributed by atoms with van der Waals surface area (Å²) >= 11 is 8.94. The van der Waals surface area contributed by atoms with Crippen LogP contribution >= 0.6 is 27.5 Å². The maximum atomic E-state index is 13.1. The van der Waals surface area contributed by atoms with E-state index in [1.54, 1.807) is 24.3 Å². The molecule has 0 saturated heterocycles. The van der Waals surface area contributed by atoms with Crippen LogP contribution in [0.5, 0.6) is 0 Å². The molecule has 0 unspecified atom stereocenters. The zero-order chi connectivity index (χ0) is 15.4. The lowest BCUT2D eigenvalue weighted by molar-refractivity contribution is -0.129. The van der Waals surface area contributed by atoms with Crippen LogP contribution < -0.4 is 5.43 Å². The third-order valence-corrected chi connectivity index (χ3v) is 3.35. The molecule has 0 fully saturated rings. The lowest BCUT2D eigenvalue weighted by Crippen LogP contribution is -2.16. The van der Waals surface area contributed by atoms with Crippen molar-refractivity contribution in [3.63, 3.8) is 0 Å². The van der Waals surface area contributed by atoms with Crippen LogP contribution in [0.4, 0.5) is 10.1 Å². The number of carboxylic acids is 1. The van der Waals surface area contributed by atoms with Gasteiger partial charge in [0.05, 0.1) is 10.7 Å². The Morgan fingerprint density at radius 3 is 2.48 bits per heavy atom. The van der Waals surface area contributed by atoms with Crippen LogP contribution in [0, 0.1) is 5.82 Å². The van der Waals surface area contributed by atoms with Crippen LogP contribution in [0.3, 0.4) is 0 Å². The molecule has 0 aliphatic rings. The third kappa shape index (κ3) is 4.03. The second-order valence-electron chi connectivity index (χ2n) is 4.01. The molecule has 0 radical (unpaired) electrons. The summed E-state index contributed by atoms with van der Waals surface area (Å²) in [7, 11) is 0. The van der Waals surface area contributed by atoms with E-state index < -0.39 is 11.8 Å². The molecule has 0 aliphatic heterocycles. The summed E-state index contributed by atoms with van der Waals surface area (Å²) in [5.41, 5.74) is 3.19. The van der Waals surface area contributed by atoms with E-state index in [0.29, 0.717) is 5.69 Å². The van der Waals surface area contributed by atoms with Gasteiger partial charge in [-0.25, -0.2) is 9.18 Å². The normalized spacial score (nSPS) is 11.3. The van der Waals surface area contributed by atoms with Gasteiger partial charge in [0, 0.05) is 10.0 Å². The number of anilines is 1. The summed E-state index contributed by atoms with van der Waals surface area (Å²) in [5, 5.41) is 12.9. The molecule has 2 aromatic carbocycles. The number of nitrogens with one attached hydrogen (secondary N) is 1. The molecule has 0 aromatic heterocycles. The van der Waals surface area contributed by atoms with E-state index in [2.05, 4.69) is 26.5 Å². The van der Waals surface area contributed by atoms with Crippen molar-refractivity contribution in [2.75, 3.05) is 5.43 Å². The Morgan fingerprint density at radius 1 is 1.24 bits per heavy atom. The van der Waals surface area contributed by atoms with E-state index in [-0.39, 0.29) is 16.3 Å². The number of aliphatic carboxylic acids is 1. The second kappa shape index (κ2) is 6.69. The molecule has 0 bridgehead atoms. The Labute approximate surface area is 133 Å². The summed E-state index contributed by atoms with van der Waals surface area (Å²) in [6.07, 6.45) is 0. The first kappa shape index (κ1) is 15.5. The fourth-order valence-electron chi connectivity index (χ4n) is 1.52. The van der Waals surface area contributed by atoms with Gasteiger partial charge in [0.2, 0.25) is 0 Å². The number of nitrogens with zero attached hydrogens (tertiary/aromatic N) is 1. The minimum absolute atomic E-state index is 0.162. The van der Waals surface area contributed by atoms with Gasteiger partial charge in [-0.1, -0.05) is 27.5 Å². The largest absolute Gasteiger partial charge is 0.476 e. The zero-order valence-electron chi connectivity index (χ0n) is 10.5. The van der Waals surface area contributed by atoms with Gasteiger partial charge in [0.25, 0.3) is 0 Å². The fourth-order valence-corrected chi connectivity index (χ4v) is 1.97. The number of halogens is 3. The van der Waals surface area contributed by atoms with Gasteiger partial charge in [0.1, 0.15) is 5.82 Å². The first-order valence-electron chi connectivity index (χ1n) is 5.75. The summed E-state index contributed by atoms with van der Waals surface area (Å²) < 4.78 is 14.0. The molecule has 0 heterocycles. The van der Waals surface area contributed by atoms with Gasteiger partial charge in [-0.05, 0) is 42.5 Å². The van der Waals surface area contributed by atoms with Crippen molar-refractivity contribution in [2.45, 2.75) is 0 Å². The van der Waals surface area contributed by atoms with Crippen molar-refractivity contribution in [3.8, 4) is 0 Å². The van der Waals surface area contributed by atoms with Crippen molar-refractivity contribution in [1.29, 1.82) is 0 Å². The van der Waals surface area contributed by atoms with Crippen LogP contribution in [0.25, 0.3) is 0 Å². The third-order valence-electron chi connectivity index (χ3n) is 2.54. The number of carboxylic acid groups (broad SMARTS) is 1. The molecular weight excluding hydrogens is 363 g/mol. The van der Waals surface area contributed by atoms with Crippen LogP contribution in [-0.2, 0) is 4.79 Å². The average molecular weight is 372 g/mol. The summed E-state index contributed by atoms with van der Waals surface area (Å²) in [6, 6.07) is 10.6.